The molecule has 0 heterocycles. The van der Waals surface area contributed by atoms with Gasteiger partial charge in [0.1, 0.15) is 12.6 Å². The maximum Gasteiger partial charge on any atom is 0.322 e. The molecule has 6 nitrogen and oxygen atoms in total. The molecule has 0 fully saturated rings. The molecule has 6 heteroatoms. The zero-order chi connectivity index (χ0) is 38.0. The van der Waals surface area contributed by atoms with Gasteiger partial charge in [0.25, 0.3) is 0 Å². The molecule has 0 aromatic rings. The van der Waals surface area contributed by atoms with Crippen molar-refractivity contribution in [1.29, 1.82) is 0 Å². The highest BCUT2D eigenvalue weighted by atomic mass is 16.5. The average molecular weight is 722 g/mol. The van der Waals surface area contributed by atoms with Gasteiger partial charge in [0.05, 0.1) is 0 Å². The zero-order valence-corrected chi connectivity index (χ0v) is 33.1. The lowest BCUT2D eigenvalue weighted by Gasteiger charge is -2.14. The van der Waals surface area contributed by atoms with E-state index in [0.29, 0.717) is 12.8 Å². The van der Waals surface area contributed by atoms with Gasteiger partial charge in [-0.05, 0) is 96.0 Å². The number of unbranched alkanes of at least 4 members (excludes halogenated alkanes) is 13. The van der Waals surface area contributed by atoms with Crippen molar-refractivity contribution in [3.8, 4) is 0 Å². The van der Waals surface area contributed by atoms with Gasteiger partial charge in [0.2, 0.25) is 5.91 Å². The molecule has 0 aromatic heterocycles. The number of carboxylic acids is 1. The smallest absolute Gasteiger partial charge is 0.322 e. The van der Waals surface area contributed by atoms with Gasteiger partial charge >= 0.3 is 11.9 Å². The van der Waals surface area contributed by atoms with Gasteiger partial charge in [-0.1, -0.05) is 151 Å². The molecule has 1 unspecified atom stereocenters. The van der Waals surface area contributed by atoms with Crippen LogP contribution in [-0.2, 0) is 19.1 Å². The monoisotopic (exact) mass is 722 g/mol. The Labute approximate surface area is 318 Å². The largest absolute Gasteiger partial charge is 0.480 e. The summed E-state index contributed by atoms with van der Waals surface area (Å²) < 4.78 is 5.91. The lowest BCUT2D eigenvalue weighted by molar-refractivity contribution is -0.147. The first kappa shape index (κ1) is 48.6. The van der Waals surface area contributed by atoms with Crippen molar-refractivity contribution in [1.82, 2.24) is 5.32 Å². The summed E-state index contributed by atoms with van der Waals surface area (Å²) in [6.07, 6.45) is 55.8. The quantitative estimate of drug-likeness (QED) is 0.0382. The van der Waals surface area contributed by atoms with Crippen LogP contribution < -0.4 is 5.32 Å². The highest BCUT2D eigenvalue weighted by molar-refractivity contribution is 5.80. The van der Waals surface area contributed by atoms with Gasteiger partial charge in [0, 0.05) is 12.8 Å². The van der Waals surface area contributed by atoms with Crippen LogP contribution in [0.25, 0.3) is 0 Å². The molecule has 0 aromatic carbocycles. The number of aliphatic carboxylic acids is 1. The van der Waals surface area contributed by atoms with Crippen LogP contribution in [0.2, 0.25) is 0 Å². The first-order chi connectivity index (χ1) is 25.5. The Kier molecular flexibility index (Phi) is 37.7. The Balaban J connectivity index is 4.17. The van der Waals surface area contributed by atoms with Crippen molar-refractivity contribution in [2.75, 3.05) is 6.54 Å². The lowest BCUT2D eigenvalue weighted by atomic mass is 10.1. The van der Waals surface area contributed by atoms with Crippen LogP contribution in [0, 0.1) is 0 Å². The highest BCUT2D eigenvalue weighted by Gasteiger charge is 2.11. The maximum absolute atomic E-state index is 12.7. The van der Waals surface area contributed by atoms with E-state index in [2.05, 4.69) is 104 Å². The molecular weight excluding hydrogens is 647 g/mol. The SMILES string of the molecule is CC/C=C\C/C=C\C/C=C\C/C=C\C/C=C\CCCCCCCC(=O)OC(/C=C\C/C=C\CCCCC)CCCCCCCCC(=O)NCC(=O)O. The molecule has 52 heavy (non-hydrogen) atoms. The number of rotatable bonds is 36. The van der Waals surface area contributed by atoms with Crippen LogP contribution in [0.4, 0.5) is 0 Å². The van der Waals surface area contributed by atoms with Gasteiger partial charge in [-0.25, -0.2) is 0 Å². The number of hydrogen-bond donors (Lipinski definition) is 2. The lowest BCUT2D eigenvalue weighted by Crippen LogP contribution is -2.28. The van der Waals surface area contributed by atoms with Crippen LogP contribution in [0.5, 0.6) is 0 Å². The Bertz CT molecular complexity index is 1060. The van der Waals surface area contributed by atoms with E-state index in [0.717, 1.165) is 116 Å². The average Bonchev–Trinajstić information content (AvgIpc) is 3.13. The third-order valence-corrected chi connectivity index (χ3v) is 8.54. The highest BCUT2D eigenvalue weighted by Crippen LogP contribution is 2.15. The first-order valence-corrected chi connectivity index (χ1v) is 20.7. The third-order valence-electron chi connectivity index (χ3n) is 8.54. The minimum absolute atomic E-state index is 0.0929. The molecule has 0 saturated carbocycles. The number of hydrogen-bond acceptors (Lipinski definition) is 4. The molecule has 0 rings (SSSR count). The Hall–Kier alpha value is -3.41. The van der Waals surface area contributed by atoms with Gasteiger partial charge in [-0.2, -0.15) is 0 Å². The normalized spacial score (nSPS) is 13.0. The van der Waals surface area contributed by atoms with Gasteiger partial charge < -0.3 is 15.2 Å². The number of carbonyl (C=O) groups excluding carboxylic acids is 2. The van der Waals surface area contributed by atoms with Crippen molar-refractivity contribution in [3.05, 3.63) is 85.1 Å². The van der Waals surface area contributed by atoms with E-state index in [1.807, 2.05) is 0 Å². The van der Waals surface area contributed by atoms with E-state index in [9.17, 15) is 14.4 Å². The summed E-state index contributed by atoms with van der Waals surface area (Å²) in [7, 11) is 0. The second-order valence-corrected chi connectivity index (χ2v) is 13.5. The summed E-state index contributed by atoms with van der Waals surface area (Å²) in [5.74, 6) is -1.32. The minimum atomic E-state index is -1.02. The van der Waals surface area contributed by atoms with Crippen LogP contribution in [0.3, 0.4) is 0 Å². The molecule has 0 radical (unpaired) electrons. The van der Waals surface area contributed by atoms with E-state index in [4.69, 9.17) is 9.84 Å². The number of ether oxygens (including phenoxy) is 1. The fourth-order valence-corrected chi connectivity index (χ4v) is 5.49. The summed E-state index contributed by atoms with van der Waals surface area (Å²) in [6.45, 7) is 4.06. The molecule has 294 valence electrons. The van der Waals surface area contributed by atoms with Crippen molar-refractivity contribution in [2.24, 2.45) is 0 Å². The molecule has 0 saturated heterocycles. The fraction of sp³-hybridized carbons (Fsp3) is 0.630. The summed E-state index contributed by atoms with van der Waals surface area (Å²) in [6, 6.07) is 0. The van der Waals surface area contributed by atoms with Crippen molar-refractivity contribution in [2.45, 2.75) is 180 Å². The Morgan fingerprint density at radius 1 is 0.538 bits per heavy atom. The summed E-state index contributed by atoms with van der Waals surface area (Å²) in [4.78, 5) is 34.8. The summed E-state index contributed by atoms with van der Waals surface area (Å²) in [5, 5.41) is 11.0. The predicted molar refractivity (Wildman–Crippen MR) is 221 cm³/mol. The van der Waals surface area contributed by atoms with E-state index < -0.39 is 5.97 Å². The van der Waals surface area contributed by atoms with Crippen LogP contribution in [0.15, 0.2) is 85.1 Å². The number of nitrogens with one attached hydrogen (secondary N) is 1. The third kappa shape index (κ3) is 39.4. The minimum Gasteiger partial charge on any atom is -0.480 e. The van der Waals surface area contributed by atoms with Gasteiger partial charge in [0.15, 0.2) is 0 Å². The molecule has 0 aliphatic rings. The first-order valence-electron chi connectivity index (χ1n) is 20.7. The molecule has 1 amide bonds. The molecular formula is C46H75NO5. The zero-order valence-electron chi connectivity index (χ0n) is 33.1. The van der Waals surface area contributed by atoms with Crippen molar-refractivity contribution in [3.63, 3.8) is 0 Å². The second kappa shape index (κ2) is 40.4. The number of esters is 1. The molecule has 1 atom stereocenters. The van der Waals surface area contributed by atoms with Gasteiger partial charge in [-0.3, -0.25) is 14.4 Å². The van der Waals surface area contributed by atoms with E-state index >= 15 is 0 Å². The van der Waals surface area contributed by atoms with E-state index in [1.165, 1.54) is 32.1 Å². The van der Waals surface area contributed by atoms with Crippen molar-refractivity contribution < 1.29 is 24.2 Å². The van der Waals surface area contributed by atoms with Crippen molar-refractivity contribution >= 4 is 17.8 Å². The molecule has 0 aliphatic carbocycles. The van der Waals surface area contributed by atoms with E-state index in [1.54, 1.807) is 0 Å². The fourth-order valence-electron chi connectivity index (χ4n) is 5.49. The van der Waals surface area contributed by atoms with Gasteiger partial charge in [-0.15, -0.1) is 0 Å². The van der Waals surface area contributed by atoms with E-state index in [-0.39, 0.29) is 24.5 Å². The van der Waals surface area contributed by atoms with Crippen LogP contribution in [0.1, 0.15) is 174 Å². The number of carbonyl (C=O) groups is 3. The Morgan fingerprint density at radius 2 is 1.00 bits per heavy atom. The predicted octanol–water partition coefficient (Wildman–Crippen LogP) is 12.8. The Morgan fingerprint density at radius 3 is 1.56 bits per heavy atom. The molecule has 0 spiro atoms. The number of amides is 1. The summed E-state index contributed by atoms with van der Waals surface area (Å²) in [5.41, 5.74) is 0. The molecule has 0 aliphatic heterocycles. The van der Waals surface area contributed by atoms with Crippen LogP contribution in [-0.4, -0.2) is 35.6 Å². The summed E-state index contributed by atoms with van der Waals surface area (Å²) >= 11 is 0. The topological polar surface area (TPSA) is 92.7 Å². The number of allylic oxidation sites excluding steroid dienone is 13. The standard InChI is InChI=1S/C46H75NO5/c1-3-5-7-9-11-13-14-15-16-17-18-19-20-21-22-23-24-25-27-33-37-41-46(51)52-43(38-34-30-26-12-10-8-6-4-2)39-35-31-28-29-32-36-40-44(48)47-42-45(49)50/h5,7,11-13,15-16,18-19,21-22,26,34,38,43H,3-4,6,8-10,14,17,20,23-25,27-33,35-37,39-42H2,1-2H3,(H,47,48)(H,49,50)/b7-5-,13-11-,16-15-,19-18-,22-21-,26-12-,38-34-. The second-order valence-electron chi connectivity index (χ2n) is 13.5. The maximum atomic E-state index is 12.7. The van der Waals surface area contributed by atoms with Crippen LogP contribution >= 0.6 is 0 Å². The molecule has 0 bridgehead atoms. The number of carboxylic acid groups (broad SMARTS) is 1. The molecule has 2 N–H and O–H groups in total.